The van der Waals surface area contributed by atoms with E-state index in [-0.39, 0.29) is 11.4 Å². The number of nitro benzene ring substituents is 1. The van der Waals surface area contributed by atoms with E-state index in [2.05, 4.69) is 21.2 Å². The summed E-state index contributed by atoms with van der Waals surface area (Å²) in [4.78, 5) is 20.6. The van der Waals surface area contributed by atoms with Crippen molar-refractivity contribution in [2.24, 2.45) is 0 Å². The molecule has 1 aromatic rings. The molecule has 80 valence electrons. The number of hydrogen-bond acceptors (Lipinski definition) is 3. The second-order valence-electron chi connectivity index (χ2n) is 3.02. The SMILES string of the molecule is Cc1c(Br)cc([N+](=O)[O-])c(NC=O)c1C. The summed E-state index contributed by atoms with van der Waals surface area (Å²) in [6.07, 6.45) is 0.433. The summed E-state index contributed by atoms with van der Waals surface area (Å²) in [7, 11) is 0. The van der Waals surface area contributed by atoms with Crippen molar-refractivity contribution in [2.75, 3.05) is 5.32 Å². The molecule has 0 saturated carbocycles. The third-order valence-corrected chi connectivity index (χ3v) is 3.04. The van der Waals surface area contributed by atoms with Crippen molar-refractivity contribution in [3.05, 3.63) is 31.8 Å². The molecule has 0 fully saturated rings. The van der Waals surface area contributed by atoms with Gasteiger partial charge >= 0.3 is 0 Å². The van der Waals surface area contributed by atoms with Crippen LogP contribution in [0.15, 0.2) is 10.5 Å². The fraction of sp³-hybridized carbons (Fsp3) is 0.222. The third-order valence-electron chi connectivity index (χ3n) is 2.22. The molecule has 1 aromatic carbocycles. The minimum absolute atomic E-state index is 0.114. The van der Waals surface area contributed by atoms with E-state index >= 15 is 0 Å². The van der Waals surface area contributed by atoms with Crippen molar-refractivity contribution >= 4 is 33.7 Å². The first-order valence-corrected chi connectivity index (χ1v) is 4.92. The highest BCUT2D eigenvalue weighted by Gasteiger charge is 2.19. The smallest absolute Gasteiger partial charge is 0.294 e. The summed E-state index contributed by atoms with van der Waals surface area (Å²) in [6.45, 7) is 3.54. The van der Waals surface area contributed by atoms with E-state index < -0.39 is 4.92 Å². The predicted molar refractivity (Wildman–Crippen MR) is 60.0 cm³/mol. The number of rotatable bonds is 3. The van der Waals surface area contributed by atoms with Crippen molar-refractivity contribution in [2.45, 2.75) is 13.8 Å². The summed E-state index contributed by atoms with van der Waals surface area (Å²) in [5.74, 6) is 0. The number of carbonyl (C=O) groups is 1. The van der Waals surface area contributed by atoms with E-state index in [9.17, 15) is 14.9 Å². The molecule has 0 heterocycles. The van der Waals surface area contributed by atoms with Gasteiger partial charge in [0, 0.05) is 10.5 Å². The Hall–Kier alpha value is -1.43. The quantitative estimate of drug-likeness (QED) is 0.522. The largest absolute Gasteiger partial charge is 0.323 e. The Bertz CT molecular complexity index is 432. The average molecular weight is 273 g/mol. The number of nitro groups is 1. The lowest BCUT2D eigenvalue weighted by atomic mass is 10.1. The number of anilines is 1. The van der Waals surface area contributed by atoms with Gasteiger partial charge in [-0.1, -0.05) is 15.9 Å². The van der Waals surface area contributed by atoms with Crippen LogP contribution in [0.1, 0.15) is 11.1 Å². The predicted octanol–water partition coefficient (Wildman–Crippen LogP) is 2.54. The zero-order valence-corrected chi connectivity index (χ0v) is 9.79. The molecule has 5 nitrogen and oxygen atoms in total. The van der Waals surface area contributed by atoms with Crippen molar-refractivity contribution < 1.29 is 9.72 Å². The number of halogens is 1. The van der Waals surface area contributed by atoms with Crippen LogP contribution >= 0.6 is 15.9 Å². The highest BCUT2D eigenvalue weighted by molar-refractivity contribution is 9.10. The molecule has 0 aliphatic carbocycles. The van der Waals surface area contributed by atoms with Crippen LogP contribution in [-0.2, 0) is 4.79 Å². The van der Waals surface area contributed by atoms with Gasteiger partial charge in [-0.2, -0.15) is 0 Å². The lowest BCUT2D eigenvalue weighted by Gasteiger charge is -2.09. The van der Waals surface area contributed by atoms with Gasteiger partial charge in [-0.3, -0.25) is 14.9 Å². The molecule has 1 rings (SSSR count). The van der Waals surface area contributed by atoms with Gasteiger partial charge < -0.3 is 5.32 Å². The summed E-state index contributed by atoms with van der Waals surface area (Å²) in [6, 6.07) is 1.38. The normalized spacial score (nSPS) is 9.80. The Morgan fingerprint density at radius 2 is 2.07 bits per heavy atom. The summed E-state index contributed by atoms with van der Waals surface area (Å²) < 4.78 is 0.656. The Morgan fingerprint density at radius 3 is 2.53 bits per heavy atom. The number of amides is 1. The standard InChI is InChI=1S/C9H9BrN2O3/c1-5-6(2)9(11-4-13)8(12(14)15)3-7(5)10/h3-4H,1-2H3,(H,11,13). The minimum Gasteiger partial charge on any atom is -0.323 e. The molecule has 1 amide bonds. The van der Waals surface area contributed by atoms with Gasteiger partial charge in [0.15, 0.2) is 0 Å². The van der Waals surface area contributed by atoms with Gasteiger partial charge in [-0.15, -0.1) is 0 Å². The van der Waals surface area contributed by atoms with E-state index in [1.165, 1.54) is 6.07 Å². The molecule has 15 heavy (non-hydrogen) atoms. The van der Waals surface area contributed by atoms with Gasteiger partial charge in [-0.05, 0) is 25.0 Å². The van der Waals surface area contributed by atoms with E-state index in [4.69, 9.17) is 0 Å². The number of hydrogen-bond donors (Lipinski definition) is 1. The topological polar surface area (TPSA) is 72.2 Å². The van der Waals surface area contributed by atoms with Gasteiger partial charge in [0.2, 0.25) is 6.41 Å². The Morgan fingerprint density at radius 1 is 1.47 bits per heavy atom. The van der Waals surface area contributed by atoms with Gasteiger partial charge in [-0.25, -0.2) is 0 Å². The maximum Gasteiger partial charge on any atom is 0.294 e. The molecule has 0 bridgehead atoms. The maximum absolute atomic E-state index is 10.7. The first-order valence-electron chi connectivity index (χ1n) is 4.13. The molecule has 0 spiro atoms. The van der Waals surface area contributed by atoms with Crippen molar-refractivity contribution in [1.29, 1.82) is 0 Å². The van der Waals surface area contributed by atoms with Gasteiger partial charge in [0.1, 0.15) is 5.69 Å². The third kappa shape index (κ3) is 2.15. The number of carbonyl (C=O) groups excluding carboxylic acids is 1. The van der Waals surface area contributed by atoms with Gasteiger partial charge in [0.25, 0.3) is 5.69 Å². The van der Waals surface area contributed by atoms with E-state index in [0.717, 1.165) is 5.56 Å². The highest BCUT2D eigenvalue weighted by atomic mass is 79.9. The molecule has 0 aliphatic heterocycles. The van der Waals surface area contributed by atoms with E-state index in [1.807, 2.05) is 6.92 Å². The second kappa shape index (κ2) is 4.39. The number of benzene rings is 1. The fourth-order valence-corrected chi connectivity index (χ4v) is 1.76. The summed E-state index contributed by atoms with van der Waals surface area (Å²) in [5.41, 5.74) is 1.68. The minimum atomic E-state index is -0.525. The molecule has 0 radical (unpaired) electrons. The lowest BCUT2D eigenvalue weighted by molar-refractivity contribution is -0.384. The Labute approximate surface area is 94.8 Å². The van der Waals surface area contributed by atoms with Crippen LogP contribution in [0.2, 0.25) is 0 Å². The fourth-order valence-electron chi connectivity index (χ4n) is 1.24. The molecular weight excluding hydrogens is 264 g/mol. The van der Waals surface area contributed by atoms with Crippen LogP contribution in [-0.4, -0.2) is 11.3 Å². The van der Waals surface area contributed by atoms with Crippen LogP contribution in [0.5, 0.6) is 0 Å². The first-order chi connectivity index (χ1) is 6.99. The molecule has 1 N–H and O–H groups in total. The molecular formula is C9H9BrN2O3. The monoisotopic (exact) mass is 272 g/mol. The van der Waals surface area contributed by atoms with E-state index in [1.54, 1.807) is 6.92 Å². The van der Waals surface area contributed by atoms with Crippen LogP contribution in [0.25, 0.3) is 0 Å². The van der Waals surface area contributed by atoms with Crippen molar-refractivity contribution in [3.8, 4) is 0 Å². The second-order valence-corrected chi connectivity index (χ2v) is 3.88. The Kier molecular flexibility index (Phi) is 3.41. The van der Waals surface area contributed by atoms with E-state index in [0.29, 0.717) is 16.4 Å². The maximum atomic E-state index is 10.7. The Balaban J connectivity index is 3.49. The van der Waals surface area contributed by atoms with Crippen LogP contribution < -0.4 is 5.32 Å². The molecule has 0 saturated heterocycles. The molecule has 6 heteroatoms. The molecule has 0 unspecified atom stereocenters. The first kappa shape index (κ1) is 11.6. The van der Waals surface area contributed by atoms with Crippen LogP contribution in [0.4, 0.5) is 11.4 Å². The zero-order chi connectivity index (χ0) is 11.6. The summed E-state index contributed by atoms with van der Waals surface area (Å²) in [5, 5.41) is 13.1. The average Bonchev–Trinajstić information content (AvgIpc) is 2.18. The summed E-state index contributed by atoms with van der Waals surface area (Å²) >= 11 is 3.23. The number of nitrogens with zero attached hydrogens (tertiary/aromatic N) is 1. The van der Waals surface area contributed by atoms with Crippen molar-refractivity contribution in [3.63, 3.8) is 0 Å². The zero-order valence-electron chi connectivity index (χ0n) is 8.20. The molecule has 0 aliphatic rings. The lowest BCUT2D eigenvalue weighted by Crippen LogP contribution is -2.03. The molecule has 0 atom stereocenters. The van der Waals surface area contributed by atoms with Crippen LogP contribution in [0, 0.1) is 24.0 Å². The van der Waals surface area contributed by atoms with Crippen molar-refractivity contribution in [1.82, 2.24) is 0 Å². The van der Waals surface area contributed by atoms with Gasteiger partial charge in [0.05, 0.1) is 4.92 Å². The highest BCUT2D eigenvalue weighted by Crippen LogP contribution is 2.34. The number of nitrogens with one attached hydrogen (secondary N) is 1. The molecule has 0 aromatic heterocycles. The van der Waals surface area contributed by atoms with Crippen LogP contribution in [0.3, 0.4) is 0 Å².